The highest BCUT2D eigenvalue weighted by Crippen LogP contribution is 2.12. The summed E-state index contributed by atoms with van der Waals surface area (Å²) in [5.41, 5.74) is 0. The molecule has 0 unspecified atom stereocenters. The number of ether oxygens (including phenoxy) is 1. The van der Waals surface area contributed by atoms with Gasteiger partial charge < -0.3 is 20.7 Å². The number of carbonyl (C=O) groups excluding carboxylic acids is 1. The van der Waals surface area contributed by atoms with Gasteiger partial charge in [0.1, 0.15) is 0 Å². The van der Waals surface area contributed by atoms with Gasteiger partial charge in [0.2, 0.25) is 17.8 Å². The van der Waals surface area contributed by atoms with Crippen molar-refractivity contribution in [3.8, 4) is 6.01 Å². The van der Waals surface area contributed by atoms with Crippen molar-refractivity contribution < 1.29 is 9.53 Å². The molecule has 0 aromatic carbocycles. The van der Waals surface area contributed by atoms with E-state index < -0.39 is 0 Å². The molecule has 0 aliphatic heterocycles. The van der Waals surface area contributed by atoms with Crippen molar-refractivity contribution in [3.63, 3.8) is 0 Å². The van der Waals surface area contributed by atoms with Crippen molar-refractivity contribution in [2.45, 2.75) is 39.7 Å². The van der Waals surface area contributed by atoms with Gasteiger partial charge in [-0.1, -0.05) is 6.92 Å². The molecule has 3 N–H and O–H groups in total. The molecule has 1 aromatic rings. The van der Waals surface area contributed by atoms with Gasteiger partial charge in [-0.25, -0.2) is 0 Å². The van der Waals surface area contributed by atoms with Crippen LogP contribution in [0.2, 0.25) is 0 Å². The average Bonchev–Trinajstić information content (AvgIpc) is 2.44. The molecular formula is C13H24N6O2. The summed E-state index contributed by atoms with van der Waals surface area (Å²) in [5.74, 6) is 0.803. The van der Waals surface area contributed by atoms with Gasteiger partial charge in [0.25, 0.3) is 0 Å². The van der Waals surface area contributed by atoms with E-state index in [0.29, 0.717) is 31.4 Å². The van der Waals surface area contributed by atoms with E-state index in [1.165, 1.54) is 0 Å². The molecule has 0 radical (unpaired) electrons. The smallest absolute Gasteiger partial charge is 0.323 e. The van der Waals surface area contributed by atoms with Crippen molar-refractivity contribution in [1.29, 1.82) is 0 Å². The minimum Gasteiger partial charge on any atom is -0.461 e. The predicted octanol–water partition coefficient (Wildman–Crippen LogP) is 1.03. The Hall–Kier alpha value is -2.12. The van der Waals surface area contributed by atoms with Crippen LogP contribution in [0, 0.1) is 0 Å². The molecule has 118 valence electrons. The van der Waals surface area contributed by atoms with Gasteiger partial charge in [-0.05, 0) is 20.3 Å². The first-order chi connectivity index (χ1) is 10.0. The molecule has 0 fully saturated rings. The van der Waals surface area contributed by atoms with Gasteiger partial charge >= 0.3 is 6.01 Å². The number of hydrogen-bond acceptors (Lipinski definition) is 7. The summed E-state index contributed by atoms with van der Waals surface area (Å²) in [6, 6.07) is 0.252. The van der Waals surface area contributed by atoms with Crippen LogP contribution in [0.1, 0.15) is 33.6 Å². The molecule has 8 heteroatoms. The number of carbonyl (C=O) groups is 1. The quantitative estimate of drug-likeness (QED) is 0.625. The number of anilines is 2. The first kappa shape index (κ1) is 16.9. The third-order valence-electron chi connectivity index (χ3n) is 2.39. The van der Waals surface area contributed by atoms with Crippen molar-refractivity contribution in [2.75, 3.05) is 30.8 Å². The highest BCUT2D eigenvalue weighted by Gasteiger charge is 2.08. The fourth-order valence-electron chi connectivity index (χ4n) is 1.45. The number of aromatic nitrogens is 3. The van der Waals surface area contributed by atoms with Crippen LogP contribution in [0.5, 0.6) is 6.01 Å². The summed E-state index contributed by atoms with van der Waals surface area (Å²) in [5, 5.41) is 8.65. The summed E-state index contributed by atoms with van der Waals surface area (Å²) in [6.45, 7) is 6.95. The first-order valence-electron chi connectivity index (χ1n) is 7.16. The zero-order chi connectivity index (χ0) is 15.7. The maximum Gasteiger partial charge on any atom is 0.323 e. The average molecular weight is 296 g/mol. The van der Waals surface area contributed by atoms with Crippen LogP contribution in [-0.4, -0.2) is 47.1 Å². The SMILES string of the molecule is CCCNC(=O)CCNc1nc(NC)nc(OC(C)C)n1. The van der Waals surface area contributed by atoms with Gasteiger partial charge in [-0.3, -0.25) is 4.79 Å². The van der Waals surface area contributed by atoms with Gasteiger partial charge in [-0.2, -0.15) is 15.0 Å². The Morgan fingerprint density at radius 2 is 1.90 bits per heavy atom. The van der Waals surface area contributed by atoms with Gasteiger partial charge in [0.05, 0.1) is 6.10 Å². The Labute approximate surface area is 125 Å². The second kappa shape index (κ2) is 8.93. The number of rotatable bonds is 9. The Morgan fingerprint density at radius 1 is 1.19 bits per heavy atom. The van der Waals surface area contributed by atoms with E-state index in [1.54, 1.807) is 7.05 Å². The van der Waals surface area contributed by atoms with Crippen molar-refractivity contribution >= 4 is 17.8 Å². The summed E-state index contributed by atoms with van der Waals surface area (Å²) >= 11 is 0. The highest BCUT2D eigenvalue weighted by atomic mass is 16.5. The lowest BCUT2D eigenvalue weighted by atomic mass is 10.4. The summed E-state index contributed by atoms with van der Waals surface area (Å²) in [4.78, 5) is 23.9. The van der Waals surface area contributed by atoms with Gasteiger partial charge in [0, 0.05) is 26.6 Å². The van der Waals surface area contributed by atoms with E-state index in [9.17, 15) is 4.79 Å². The predicted molar refractivity (Wildman–Crippen MR) is 81.5 cm³/mol. The lowest BCUT2D eigenvalue weighted by Gasteiger charge is -2.11. The van der Waals surface area contributed by atoms with Crippen LogP contribution in [0.3, 0.4) is 0 Å². The summed E-state index contributed by atoms with van der Waals surface area (Å²) in [6.07, 6.45) is 1.26. The zero-order valence-electron chi connectivity index (χ0n) is 13.1. The lowest BCUT2D eigenvalue weighted by molar-refractivity contribution is -0.120. The van der Waals surface area contributed by atoms with E-state index in [2.05, 4.69) is 30.9 Å². The Balaban J connectivity index is 2.55. The Morgan fingerprint density at radius 3 is 2.52 bits per heavy atom. The van der Waals surface area contributed by atoms with Crippen LogP contribution in [0.15, 0.2) is 0 Å². The molecule has 8 nitrogen and oxygen atoms in total. The van der Waals surface area contributed by atoms with E-state index in [0.717, 1.165) is 6.42 Å². The van der Waals surface area contributed by atoms with Crippen molar-refractivity contribution in [3.05, 3.63) is 0 Å². The van der Waals surface area contributed by atoms with Crippen LogP contribution >= 0.6 is 0 Å². The Bertz CT molecular complexity index is 452. The minimum atomic E-state index is -0.0234. The van der Waals surface area contributed by atoms with E-state index in [-0.39, 0.29) is 18.0 Å². The number of nitrogens with zero attached hydrogens (tertiary/aromatic N) is 3. The maximum atomic E-state index is 11.5. The second-order valence-electron chi connectivity index (χ2n) is 4.71. The molecule has 1 aromatic heterocycles. The lowest BCUT2D eigenvalue weighted by Crippen LogP contribution is -2.26. The summed E-state index contributed by atoms with van der Waals surface area (Å²) in [7, 11) is 1.72. The number of nitrogens with one attached hydrogen (secondary N) is 3. The van der Waals surface area contributed by atoms with Crippen LogP contribution in [-0.2, 0) is 4.79 Å². The molecule has 0 saturated heterocycles. The first-order valence-corrected chi connectivity index (χ1v) is 7.16. The molecule has 0 atom stereocenters. The molecular weight excluding hydrogens is 272 g/mol. The molecule has 0 bridgehead atoms. The molecule has 21 heavy (non-hydrogen) atoms. The van der Waals surface area contributed by atoms with Crippen LogP contribution in [0.4, 0.5) is 11.9 Å². The van der Waals surface area contributed by atoms with Crippen LogP contribution < -0.4 is 20.7 Å². The topological polar surface area (TPSA) is 101 Å². The largest absolute Gasteiger partial charge is 0.461 e. The van der Waals surface area contributed by atoms with Gasteiger partial charge in [-0.15, -0.1) is 0 Å². The second-order valence-corrected chi connectivity index (χ2v) is 4.71. The summed E-state index contributed by atoms with van der Waals surface area (Å²) < 4.78 is 5.46. The zero-order valence-corrected chi connectivity index (χ0v) is 13.1. The highest BCUT2D eigenvalue weighted by molar-refractivity contribution is 5.76. The third-order valence-corrected chi connectivity index (χ3v) is 2.39. The molecule has 1 heterocycles. The molecule has 0 aliphatic carbocycles. The number of amides is 1. The minimum absolute atomic E-state index is 0.00546. The maximum absolute atomic E-state index is 11.5. The molecule has 0 aliphatic rings. The third kappa shape index (κ3) is 6.73. The van der Waals surface area contributed by atoms with E-state index in [1.807, 2.05) is 20.8 Å². The van der Waals surface area contributed by atoms with Crippen LogP contribution in [0.25, 0.3) is 0 Å². The Kier molecular flexibility index (Phi) is 7.20. The normalized spacial score (nSPS) is 10.3. The molecule has 0 spiro atoms. The molecule has 1 rings (SSSR count). The molecule has 0 saturated carbocycles. The van der Waals surface area contributed by atoms with Crippen molar-refractivity contribution in [2.24, 2.45) is 0 Å². The fraction of sp³-hybridized carbons (Fsp3) is 0.692. The standard InChI is InChI=1S/C13H24N6O2/c1-5-7-15-10(20)6-8-16-12-17-11(14-4)18-13(19-12)21-9(2)3/h9H,5-8H2,1-4H3,(H,15,20)(H2,14,16,17,18,19). The monoisotopic (exact) mass is 296 g/mol. The number of hydrogen-bond donors (Lipinski definition) is 3. The van der Waals surface area contributed by atoms with Gasteiger partial charge in [0.15, 0.2) is 0 Å². The fourth-order valence-corrected chi connectivity index (χ4v) is 1.45. The van der Waals surface area contributed by atoms with Crippen molar-refractivity contribution in [1.82, 2.24) is 20.3 Å². The molecule has 1 amide bonds. The van der Waals surface area contributed by atoms with E-state index in [4.69, 9.17) is 4.74 Å². The van der Waals surface area contributed by atoms with E-state index >= 15 is 0 Å².